The van der Waals surface area contributed by atoms with E-state index >= 15 is 0 Å². The van der Waals surface area contributed by atoms with E-state index in [-0.39, 0.29) is 5.38 Å². The van der Waals surface area contributed by atoms with Gasteiger partial charge in [0.1, 0.15) is 11.3 Å². The molecule has 0 amide bonds. The van der Waals surface area contributed by atoms with Crippen molar-refractivity contribution in [1.82, 2.24) is 14.5 Å². The van der Waals surface area contributed by atoms with E-state index in [0.29, 0.717) is 0 Å². The molecule has 0 radical (unpaired) electrons. The van der Waals surface area contributed by atoms with Crippen molar-refractivity contribution in [3.8, 4) is 0 Å². The highest BCUT2D eigenvalue weighted by molar-refractivity contribution is 6.20. The van der Waals surface area contributed by atoms with Crippen LogP contribution in [0.3, 0.4) is 0 Å². The van der Waals surface area contributed by atoms with Gasteiger partial charge in [-0.25, -0.2) is 4.98 Å². The van der Waals surface area contributed by atoms with E-state index in [2.05, 4.69) is 26.7 Å². The van der Waals surface area contributed by atoms with Crippen molar-refractivity contribution in [3.63, 3.8) is 0 Å². The number of pyridine rings is 1. The lowest BCUT2D eigenvalue weighted by molar-refractivity contribution is 0.742. The second-order valence-corrected chi connectivity index (χ2v) is 5.18. The molecule has 1 unspecified atom stereocenters. The number of rotatable bonds is 3. The second kappa shape index (κ2) is 5.02. The van der Waals surface area contributed by atoms with Gasteiger partial charge in [0.15, 0.2) is 0 Å². The van der Waals surface area contributed by atoms with Crippen LogP contribution in [0.2, 0.25) is 0 Å². The van der Waals surface area contributed by atoms with E-state index in [1.807, 2.05) is 31.2 Å². The zero-order valence-electron chi connectivity index (χ0n) is 10.6. The molecule has 0 N–H and O–H groups in total. The third kappa shape index (κ3) is 2.34. The maximum Gasteiger partial charge on any atom is 0.128 e. The van der Waals surface area contributed by atoms with E-state index in [0.717, 1.165) is 23.4 Å². The van der Waals surface area contributed by atoms with Crippen molar-refractivity contribution in [1.29, 1.82) is 0 Å². The number of hydrogen-bond acceptors (Lipinski definition) is 2. The van der Waals surface area contributed by atoms with Gasteiger partial charge < -0.3 is 4.57 Å². The highest BCUT2D eigenvalue weighted by atomic mass is 35.5. The van der Waals surface area contributed by atoms with Crippen LogP contribution in [-0.2, 0) is 6.54 Å². The number of hydrogen-bond donors (Lipinski definition) is 0. The lowest BCUT2D eigenvalue weighted by Crippen LogP contribution is -2.05. The molecule has 1 aromatic carbocycles. The molecule has 3 aromatic rings. The summed E-state index contributed by atoms with van der Waals surface area (Å²) in [6.45, 7) is 2.71. The predicted molar refractivity (Wildman–Crippen MR) is 77.3 cm³/mol. The number of halogens is 1. The molecule has 0 saturated heterocycles. The molecule has 3 nitrogen and oxygen atoms in total. The first-order chi connectivity index (χ1) is 9.25. The number of nitrogens with zero attached hydrogens (tertiary/aromatic N) is 3. The van der Waals surface area contributed by atoms with Crippen LogP contribution < -0.4 is 0 Å². The Morgan fingerprint density at radius 1 is 1.21 bits per heavy atom. The molecule has 3 rings (SSSR count). The van der Waals surface area contributed by atoms with E-state index in [1.165, 1.54) is 5.56 Å². The zero-order valence-corrected chi connectivity index (χ0v) is 11.4. The fourth-order valence-electron chi connectivity index (χ4n) is 2.24. The van der Waals surface area contributed by atoms with Crippen LogP contribution in [0.25, 0.3) is 11.0 Å². The molecule has 0 bridgehead atoms. The topological polar surface area (TPSA) is 30.7 Å². The Hall–Kier alpha value is -1.87. The van der Waals surface area contributed by atoms with Gasteiger partial charge in [0, 0.05) is 12.7 Å². The van der Waals surface area contributed by atoms with Crippen molar-refractivity contribution < 1.29 is 0 Å². The van der Waals surface area contributed by atoms with Gasteiger partial charge in [0.2, 0.25) is 0 Å². The quantitative estimate of drug-likeness (QED) is 0.679. The van der Waals surface area contributed by atoms with Crippen LogP contribution in [0.15, 0.2) is 48.8 Å². The molecule has 0 aliphatic rings. The SMILES string of the molecule is CC(Cl)c1nc2cnccc2n1Cc1ccccc1. The summed E-state index contributed by atoms with van der Waals surface area (Å²) in [5, 5.41) is -0.129. The summed E-state index contributed by atoms with van der Waals surface area (Å²) in [4.78, 5) is 8.69. The molecule has 0 aliphatic heterocycles. The molecule has 2 aromatic heterocycles. The molecule has 0 spiro atoms. The van der Waals surface area contributed by atoms with Gasteiger partial charge in [0.05, 0.1) is 17.1 Å². The summed E-state index contributed by atoms with van der Waals surface area (Å²) in [5.74, 6) is 0.883. The Bertz CT molecular complexity index is 689. The van der Waals surface area contributed by atoms with Crippen LogP contribution in [-0.4, -0.2) is 14.5 Å². The minimum Gasteiger partial charge on any atom is -0.322 e. The van der Waals surface area contributed by atoms with Crippen molar-refractivity contribution in [2.75, 3.05) is 0 Å². The second-order valence-electron chi connectivity index (χ2n) is 4.52. The average molecular weight is 272 g/mol. The molecule has 96 valence electrons. The Morgan fingerprint density at radius 2 is 2.00 bits per heavy atom. The molecule has 0 aliphatic carbocycles. The van der Waals surface area contributed by atoms with Crippen molar-refractivity contribution in [3.05, 3.63) is 60.2 Å². The van der Waals surface area contributed by atoms with E-state index in [9.17, 15) is 0 Å². The summed E-state index contributed by atoms with van der Waals surface area (Å²) in [5.41, 5.74) is 3.19. The molecule has 0 fully saturated rings. The largest absolute Gasteiger partial charge is 0.322 e. The first-order valence-corrected chi connectivity index (χ1v) is 6.67. The lowest BCUT2D eigenvalue weighted by atomic mass is 10.2. The monoisotopic (exact) mass is 271 g/mol. The van der Waals surface area contributed by atoms with Crippen molar-refractivity contribution in [2.24, 2.45) is 0 Å². The van der Waals surface area contributed by atoms with Crippen LogP contribution in [0.4, 0.5) is 0 Å². The number of alkyl halides is 1. The normalized spacial score (nSPS) is 12.7. The summed E-state index contributed by atoms with van der Waals surface area (Å²) in [7, 11) is 0. The Labute approximate surface area is 116 Å². The van der Waals surface area contributed by atoms with Gasteiger partial charge in [-0.2, -0.15) is 0 Å². The highest BCUT2D eigenvalue weighted by Crippen LogP contribution is 2.24. The van der Waals surface area contributed by atoms with Gasteiger partial charge >= 0.3 is 0 Å². The zero-order chi connectivity index (χ0) is 13.2. The van der Waals surface area contributed by atoms with Crippen molar-refractivity contribution in [2.45, 2.75) is 18.8 Å². The number of imidazole rings is 1. The maximum absolute atomic E-state index is 6.24. The summed E-state index contributed by atoms with van der Waals surface area (Å²) in [6, 6.07) is 12.3. The third-order valence-corrected chi connectivity index (χ3v) is 3.31. The van der Waals surface area contributed by atoms with Crippen molar-refractivity contribution >= 4 is 22.6 Å². The van der Waals surface area contributed by atoms with E-state index in [1.54, 1.807) is 12.4 Å². The molecule has 4 heteroatoms. The summed E-state index contributed by atoms with van der Waals surface area (Å²) in [6.07, 6.45) is 3.56. The smallest absolute Gasteiger partial charge is 0.128 e. The fourth-order valence-corrected chi connectivity index (χ4v) is 2.40. The molecule has 2 heterocycles. The minimum atomic E-state index is -0.129. The lowest BCUT2D eigenvalue weighted by Gasteiger charge is -2.10. The predicted octanol–water partition coefficient (Wildman–Crippen LogP) is 3.78. The number of aromatic nitrogens is 3. The molecule has 19 heavy (non-hydrogen) atoms. The summed E-state index contributed by atoms with van der Waals surface area (Å²) < 4.78 is 2.16. The number of benzene rings is 1. The molecular weight excluding hydrogens is 258 g/mol. The van der Waals surface area contributed by atoms with E-state index < -0.39 is 0 Å². The minimum absolute atomic E-state index is 0.129. The van der Waals surface area contributed by atoms with Gasteiger partial charge in [-0.3, -0.25) is 4.98 Å². The van der Waals surface area contributed by atoms with E-state index in [4.69, 9.17) is 11.6 Å². The van der Waals surface area contributed by atoms with Crippen LogP contribution in [0, 0.1) is 0 Å². The summed E-state index contributed by atoms with van der Waals surface area (Å²) >= 11 is 6.24. The molecular formula is C15H14ClN3. The Kier molecular flexibility index (Phi) is 3.22. The molecule has 0 saturated carbocycles. The Morgan fingerprint density at radius 3 is 2.74 bits per heavy atom. The van der Waals surface area contributed by atoms with Crippen LogP contribution in [0.1, 0.15) is 23.7 Å². The first-order valence-electron chi connectivity index (χ1n) is 6.24. The number of fused-ring (bicyclic) bond motifs is 1. The van der Waals surface area contributed by atoms with Gasteiger partial charge in [-0.1, -0.05) is 30.3 Å². The standard InChI is InChI=1S/C15H14ClN3/c1-11(16)15-18-13-9-17-8-7-14(13)19(15)10-12-5-3-2-4-6-12/h2-9,11H,10H2,1H3. The first kappa shape index (κ1) is 12.2. The Balaban J connectivity index is 2.12. The maximum atomic E-state index is 6.24. The van der Waals surface area contributed by atoms with Gasteiger partial charge in [-0.05, 0) is 18.6 Å². The van der Waals surface area contributed by atoms with Crippen LogP contribution >= 0.6 is 11.6 Å². The van der Waals surface area contributed by atoms with Crippen LogP contribution in [0.5, 0.6) is 0 Å². The average Bonchev–Trinajstić information content (AvgIpc) is 2.79. The fraction of sp³-hybridized carbons (Fsp3) is 0.200. The van der Waals surface area contributed by atoms with Gasteiger partial charge in [-0.15, -0.1) is 11.6 Å². The van der Waals surface area contributed by atoms with Gasteiger partial charge in [0.25, 0.3) is 0 Å². The third-order valence-electron chi connectivity index (χ3n) is 3.12. The molecule has 1 atom stereocenters. The highest BCUT2D eigenvalue weighted by Gasteiger charge is 2.14.